The van der Waals surface area contributed by atoms with Gasteiger partial charge in [0.15, 0.2) is 11.6 Å². The first-order valence-corrected chi connectivity index (χ1v) is 8.81. The minimum atomic E-state index is -0.587. The number of hydrogen-bond donors (Lipinski definition) is 0. The second-order valence-corrected chi connectivity index (χ2v) is 6.89. The van der Waals surface area contributed by atoms with Gasteiger partial charge in [-0.1, -0.05) is 0 Å². The standard InChI is InChI=1S/C16H10Br2N2O7/c17-13-5-9(19(23)24)1-3-11(13)15(21)7-27-8-16(22)12-4-2-10(20(25)26)6-14(12)18/h1-6H,7-8H2. The van der Waals surface area contributed by atoms with Gasteiger partial charge in [-0.25, -0.2) is 0 Å². The third-order valence-electron chi connectivity index (χ3n) is 3.39. The summed E-state index contributed by atoms with van der Waals surface area (Å²) in [5.74, 6) is -0.931. The summed E-state index contributed by atoms with van der Waals surface area (Å²) in [6, 6.07) is 7.37. The molecule has 0 aliphatic heterocycles. The SMILES string of the molecule is O=C(COCC(=O)c1ccc([N+](=O)[O-])cc1Br)c1ccc([N+](=O)[O-])cc1Br. The molecule has 0 atom stereocenters. The van der Waals surface area contributed by atoms with Crippen LogP contribution in [0.2, 0.25) is 0 Å². The molecule has 0 bridgehead atoms. The number of non-ortho nitro benzene ring substituents is 2. The van der Waals surface area contributed by atoms with Crippen LogP contribution in [0.5, 0.6) is 0 Å². The van der Waals surface area contributed by atoms with E-state index in [9.17, 15) is 29.8 Å². The Balaban J connectivity index is 1.98. The Morgan fingerprint density at radius 2 is 1.19 bits per heavy atom. The van der Waals surface area contributed by atoms with Crippen LogP contribution in [0.1, 0.15) is 20.7 Å². The van der Waals surface area contributed by atoms with Gasteiger partial charge in [-0.2, -0.15) is 0 Å². The number of benzene rings is 2. The molecule has 0 aromatic heterocycles. The molecule has 9 nitrogen and oxygen atoms in total. The maximum atomic E-state index is 12.1. The molecule has 0 spiro atoms. The highest BCUT2D eigenvalue weighted by Gasteiger charge is 2.17. The summed E-state index contributed by atoms with van der Waals surface area (Å²) in [6.07, 6.45) is 0. The Morgan fingerprint density at radius 1 is 0.815 bits per heavy atom. The zero-order valence-corrected chi connectivity index (χ0v) is 16.6. The van der Waals surface area contributed by atoms with Crippen LogP contribution in [0.25, 0.3) is 0 Å². The fraction of sp³-hybridized carbons (Fsp3) is 0.125. The largest absolute Gasteiger partial charge is 0.365 e. The van der Waals surface area contributed by atoms with Crippen molar-refractivity contribution in [3.05, 3.63) is 76.7 Å². The smallest absolute Gasteiger partial charge is 0.270 e. The highest BCUT2D eigenvalue weighted by atomic mass is 79.9. The van der Waals surface area contributed by atoms with Gasteiger partial charge in [0.25, 0.3) is 11.4 Å². The van der Waals surface area contributed by atoms with Gasteiger partial charge in [0.05, 0.1) is 9.85 Å². The molecule has 0 unspecified atom stereocenters. The van der Waals surface area contributed by atoms with E-state index >= 15 is 0 Å². The van der Waals surface area contributed by atoms with Crippen molar-refractivity contribution >= 4 is 54.8 Å². The lowest BCUT2D eigenvalue weighted by molar-refractivity contribution is -0.385. The Hall–Kier alpha value is -2.50. The van der Waals surface area contributed by atoms with Crippen LogP contribution in [0.3, 0.4) is 0 Å². The number of nitro benzene ring substituents is 2. The van der Waals surface area contributed by atoms with E-state index in [-0.39, 0.29) is 31.4 Å². The molecule has 0 aliphatic carbocycles. The van der Waals surface area contributed by atoms with Crippen molar-refractivity contribution in [3.63, 3.8) is 0 Å². The maximum Gasteiger partial charge on any atom is 0.270 e. The van der Waals surface area contributed by atoms with E-state index in [1.54, 1.807) is 0 Å². The molecule has 0 heterocycles. The van der Waals surface area contributed by atoms with E-state index in [0.717, 1.165) is 0 Å². The third-order valence-corrected chi connectivity index (χ3v) is 4.71. The number of halogens is 2. The molecule has 140 valence electrons. The summed E-state index contributed by atoms with van der Waals surface area (Å²) in [5.41, 5.74) is 0.0317. The van der Waals surface area contributed by atoms with E-state index in [4.69, 9.17) is 4.74 Å². The van der Waals surface area contributed by atoms with Crippen LogP contribution in [0.4, 0.5) is 11.4 Å². The summed E-state index contributed by atoms with van der Waals surface area (Å²) in [6.45, 7) is -0.820. The van der Waals surface area contributed by atoms with Crippen molar-refractivity contribution in [3.8, 4) is 0 Å². The number of ether oxygens (including phenoxy) is 1. The molecule has 2 rings (SSSR count). The van der Waals surface area contributed by atoms with E-state index in [1.807, 2.05) is 0 Å². The Morgan fingerprint density at radius 3 is 1.48 bits per heavy atom. The number of hydrogen-bond acceptors (Lipinski definition) is 7. The first-order chi connectivity index (χ1) is 12.7. The van der Waals surface area contributed by atoms with Crippen LogP contribution in [0.15, 0.2) is 45.3 Å². The number of nitro groups is 2. The Labute approximate surface area is 168 Å². The van der Waals surface area contributed by atoms with Gasteiger partial charge in [0.2, 0.25) is 0 Å². The lowest BCUT2D eigenvalue weighted by atomic mass is 10.1. The van der Waals surface area contributed by atoms with E-state index in [0.29, 0.717) is 0 Å². The predicted octanol–water partition coefficient (Wildman–Crippen LogP) is 4.11. The number of ketones is 2. The molecule has 11 heteroatoms. The normalized spacial score (nSPS) is 10.4. The van der Waals surface area contributed by atoms with Crippen LogP contribution < -0.4 is 0 Å². The van der Waals surface area contributed by atoms with Gasteiger partial charge in [0, 0.05) is 44.3 Å². The molecule has 0 fully saturated rings. The van der Waals surface area contributed by atoms with Crippen LogP contribution in [0, 0.1) is 20.2 Å². The lowest BCUT2D eigenvalue weighted by Crippen LogP contribution is -2.16. The summed E-state index contributed by atoms with van der Waals surface area (Å²) in [5, 5.41) is 21.4. The zero-order valence-electron chi connectivity index (χ0n) is 13.4. The molecule has 0 saturated carbocycles. The molecular formula is C16H10Br2N2O7. The minimum Gasteiger partial charge on any atom is -0.365 e. The molecule has 0 radical (unpaired) electrons. The predicted molar refractivity (Wildman–Crippen MR) is 101 cm³/mol. The fourth-order valence-corrected chi connectivity index (χ4v) is 3.26. The average Bonchev–Trinajstić information content (AvgIpc) is 2.60. The second-order valence-electron chi connectivity index (χ2n) is 5.18. The lowest BCUT2D eigenvalue weighted by Gasteiger charge is -2.06. The molecule has 27 heavy (non-hydrogen) atoms. The van der Waals surface area contributed by atoms with Gasteiger partial charge in [-0.15, -0.1) is 0 Å². The van der Waals surface area contributed by atoms with E-state index < -0.39 is 34.6 Å². The van der Waals surface area contributed by atoms with Gasteiger partial charge >= 0.3 is 0 Å². The Kier molecular flexibility index (Phi) is 6.88. The number of carbonyl (C=O) groups is 2. The number of Topliss-reactive ketones (excluding diaryl/α,β-unsaturated/α-hetero) is 2. The molecule has 2 aromatic carbocycles. The van der Waals surface area contributed by atoms with Gasteiger partial charge in [0.1, 0.15) is 13.2 Å². The summed E-state index contributed by atoms with van der Waals surface area (Å²) >= 11 is 6.19. The highest BCUT2D eigenvalue weighted by Crippen LogP contribution is 2.24. The number of rotatable bonds is 8. The number of carbonyl (C=O) groups excluding carboxylic acids is 2. The summed E-state index contributed by atoms with van der Waals surface area (Å²) in [7, 11) is 0. The first kappa shape index (κ1) is 20.8. The van der Waals surface area contributed by atoms with Crippen molar-refractivity contribution < 1.29 is 24.2 Å². The topological polar surface area (TPSA) is 130 Å². The quantitative estimate of drug-likeness (QED) is 0.302. The molecule has 2 aromatic rings. The first-order valence-electron chi connectivity index (χ1n) is 7.22. The van der Waals surface area contributed by atoms with E-state index in [1.165, 1.54) is 36.4 Å². The summed E-state index contributed by atoms with van der Waals surface area (Å²) in [4.78, 5) is 44.5. The second kappa shape index (κ2) is 8.93. The van der Waals surface area contributed by atoms with Crippen molar-refractivity contribution in [1.82, 2.24) is 0 Å². The van der Waals surface area contributed by atoms with Gasteiger partial charge in [-0.05, 0) is 44.0 Å². The molecule has 0 aliphatic rings. The van der Waals surface area contributed by atoms with Crippen molar-refractivity contribution in [2.45, 2.75) is 0 Å². The van der Waals surface area contributed by atoms with Crippen molar-refractivity contribution in [2.75, 3.05) is 13.2 Å². The molecule has 0 amide bonds. The highest BCUT2D eigenvalue weighted by molar-refractivity contribution is 9.10. The zero-order chi connectivity index (χ0) is 20.1. The molecular weight excluding hydrogens is 492 g/mol. The minimum absolute atomic E-state index is 0.169. The molecule has 0 N–H and O–H groups in total. The number of nitrogens with zero attached hydrogens (tertiary/aromatic N) is 2. The average molecular weight is 502 g/mol. The van der Waals surface area contributed by atoms with Crippen molar-refractivity contribution in [1.29, 1.82) is 0 Å². The van der Waals surface area contributed by atoms with Gasteiger partial charge in [-0.3, -0.25) is 29.8 Å². The van der Waals surface area contributed by atoms with Crippen LogP contribution >= 0.6 is 31.9 Å². The van der Waals surface area contributed by atoms with Gasteiger partial charge < -0.3 is 4.74 Å². The Bertz CT molecular complexity index is 871. The maximum absolute atomic E-state index is 12.1. The summed E-state index contributed by atoms with van der Waals surface area (Å²) < 4.78 is 5.61. The third kappa shape index (κ3) is 5.25. The van der Waals surface area contributed by atoms with E-state index in [2.05, 4.69) is 31.9 Å². The monoisotopic (exact) mass is 500 g/mol. The molecule has 0 saturated heterocycles. The van der Waals surface area contributed by atoms with Crippen LogP contribution in [-0.4, -0.2) is 34.6 Å². The van der Waals surface area contributed by atoms with Crippen molar-refractivity contribution in [2.24, 2.45) is 0 Å². The fourth-order valence-electron chi connectivity index (χ4n) is 2.08. The van der Waals surface area contributed by atoms with Crippen LogP contribution in [-0.2, 0) is 4.74 Å².